The predicted molar refractivity (Wildman–Crippen MR) is 113 cm³/mol. The molecule has 0 aromatic carbocycles. The highest BCUT2D eigenvalue weighted by atomic mass is 35.5. The minimum Gasteiger partial charge on any atom is -0.472 e. The van der Waals surface area contributed by atoms with Gasteiger partial charge in [-0.3, -0.25) is 9.78 Å². The molecule has 2 unspecified atom stereocenters. The normalized spacial score (nSPS) is 18.8. The monoisotopic (exact) mass is 423 g/mol. The number of rotatable bonds is 4. The fourth-order valence-corrected chi connectivity index (χ4v) is 3.74. The molecule has 1 aliphatic heterocycles. The summed E-state index contributed by atoms with van der Waals surface area (Å²) in [5.74, 6) is 0.833. The number of pyridine rings is 2. The Kier molecular flexibility index (Phi) is 5.90. The quantitative estimate of drug-likeness (QED) is 0.631. The Bertz CT molecular complexity index is 1030. The first-order valence-corrected chi connectivity index (χ1v) is 10.2. The van der Waals surface area contributed by atoms with Crippen LogP contribution < -0.4 is 4.74 Å². The number of carbonyl (C=O) groups excluding carboxylic acids is 1. The summed E-state index contributed by atoms with van der Waals surface area (Å²) in [6, 6.07) is 6.98. The lowest BCUT2D eigenvalue weighted by Crippen LogP contribution is -2.51. The van der Waals surface area contributed by atoms with Gasteiger partial charge in [0.1, 0.15) is 11.8 Å². The Balaban J connectivity index is 1.59. The second-order valence-corrected chi connectivity index (χ2v) is 7.77. The largest absolute Gasteiger partial charge is 0.472 e. The number of carbonyl (C=O) groups is 1. The molecule has 4 rings (SSSR count). The van der Waals surface area contributed by atoms with E-state index < -0.39 is 0 Å². The summed E-state index contributed by atoms with van der Waals surface area (Å²) in [6.45, 7) is 4.56. The summed E-state index contributed by atoms with van der Waals surface area (Å²) in [7, 11) is 0. The third-order valence-electron chi connectivity index (χ3n) is 5.18. The van der Waals surface area contributed by atoms with Crippen LogP contribution in [0.15, 0.2) is 49.1 Å². The van der Waals surface area contributed by atoms with Crippen LogP contribution in [-0.4, -0.2) is 49.4 Å². The van der Waals surface area contributed by atoms with Gasteiger partial charge in [-0.15, -0.1) is 0 Å². The van der Waals surface area contributed by atoms with Crippen LogP contribution in [0.1, 0.15) is 35.8 Å². The van der Waals surface area contributed by atoms with E-state index in [1.54, 1.807) is 43.0 Å². The van der Waals surface area contributed by atoms with Crippen LogP contribution in [0.25, 0.3) is 11.4 Å². The molecule has 30 heavy (non-hydrogen) atoms. The van der Waals surface area contributed by atoms with E-state index in [0.29, 0.717) is 34.5 Å². The molecule has 7 nitrogen and oxygen atoms in total. The van der Waals surface area contributed by atoms with Crippen molar-refractivity contribution < 1.29 is 9.53 Å². The zero-order chi connectivity index (χ0) is 21.1. The van der Waals surface area contributed by atoms with Gasteiger partial charge in [-0.2, -0.15) is 0 Å². The number of likely N-dealkylation sites (tertiary alicyclic amines) is 1. The van der Waals surface area contributed by atoms with Gasteiger partial charge in [-0.25, -0.2) is 15.0 Å². The molecule has 1 saturated heterocycles. The minimum atomic E-state index is -0.168. The van der Waals surface area contributed by atoms with Crippen molar-refractivity contribution in [3.8, 4) is 17.3 Å². The second-order valence-electron chi connectivity index (χ2n) is 7.33. The van der Waals surface area contributed by atoms with Crippen LogP contribution in [0.3, 0.4) is 0 Å². The first-order valence-electron chi connectivity index (χ1n) is 9.86. The van der Waals surface area contributed by atoms with Gasteiger partial charge in [0, 0.05) is 37.4 Å². The molecule has 1 fully saturated rings. The fraction of sp³-hybridized carbons (Fsp3) is 0.318. The van der Waals surface area contributed by atoms with Crippen molar-refractivity contribution in [1.82, 2.24) is 24.8 Å². The highest BCUT2D eigenvalue weighted by Gasteiger charge is 2.35. The first kappa shape index (κ1) is 20.2. The lowest BCUT2D eigenvalue weighted by atomic mass is 9.98. The molecule has 0 radical (unpaired) electrons. The SMILES string of the molecule is Cc1cnc(C(=O)N2CCCC(Oc3ccc(Cl)cn3)C2C)c(-c2ncccn2)c1. The number of aryl methyl sites for hydroxylation is 1. The van der Waals surface area contributed by atoms with E-state index in [0.717, 1.165) is 18.4 Å². The van der Waals surface area contributed by atoms with Gasteiger partial charge < -0.3 is 9.64 Å². The molecule has 3 aromatic heterocycles. The van der Waals surface area contributed by atoms with E-state index in [-0.39, 0.29) is 18.1 Å². The predicted octanol–water partition coefficient (Wildman–Crippen LogP) is 3.97. The summed E-state index contributed by atoms with van der Waals surface area (Å²) < 4.78 is 6.06. The summed E-state index contributed by atoms with van der Waals surface area (Å²) in [6.07, 6.45) is 8.06. The summed E-state index contributed by atoms with van der Waals surface area (Å²) in [4.78, 5) is 32.6. The third kappa shape index (κ3) is 4.26. The zero-order valence-electron chi connectivity index (χ0n) is 16.8. The molecular formula is C22H22ClN5O2. The van der Waals surface area contributed by atoms with Gasteiger partial charge in [0.05, 0.1) is 16.6 Å². The first-order chi connectivity index (χ1) is 14.5. The molecule has 0 bridgehead atoms. The van der Waals surface area contributed by atoms with Gasteiger partial charge in [0.15, 0.2) is 5.82 Å². The number of hydrogen-bond donors (Lipinski definition) is 0. The molecule has 0 spiro atoms. The minimum absolute atomic E-state index is 0.142. The van der Waals surface area contributed by atoms with Crippen LogP contribution in [0.5, 0.6) is 5.88 Å². The van der Waals surface area contributed by atoms with Crippen molar-refractivity contribution >= 4 is 17.5 Å². The fourth-order valence-electron chi connectivity index (χ4n) is 3.62. The molecule has 3 aromatic rings. The second kappa shape index (κ2) is 8.75. The smallest absolute Gasteiger partial charge is 0.273 e. The van der Waals surface area contributed by atoms with Gasteiger partial charge >= 0.3 is 0 Å². The molecule has 154 valence electrons. The molecule has 4 heterocycles. The van der Waals surface area contributed by atoms with Gasteiger partial charge in [0.2, 0.25) is 5.88 Å². The number of piperidine rings is 1. The summed E-state index contributed by atoms with van der Waals surface area (Å²) in [5.41, 5.74) is 1.93. The van der Waals surface area contributed by atoms with Crippen molar-refractivity contribution in [2.24, 2.45) is 0 Å². The van der Waals surface area contributed by atoms with E-state index >= 15 is 0 Å². The number of aromatic nitrogens is 4. The molecule has 0 saturated carbocycles. The van der Waals surface area contributed by atoms with Gasteiger partial charge in [-0.1, -0.05) is 11.6 Å². The number of ether oxygens (including phenoxy) is 1. The lowest BCUT2D eigenvalue weighted by Gasteiger charge is -2.39. The number of halogens is 1. The van der Waals surface area contributed by atoms with E-state index in [9.17, 15) is 4.79 Å². The van der Waals surface area contributed by atoms with Crippen molar-refractivity contribution in [2.75, 3.05) is 6.54 Å². The van der Waals surface area contributed by atoms with Crippen molar-refractivity contribution in [1.29, 1.82) is 0 Å². The van der Waals surface area contributed by atoms with Gasteiger partial charge in [-0.05, 0) is 50.5 Å². The number of nitrogens with zero attached hydrogens (tertiary/aromatic N) is 5. The maximum atomic E-state index is 13.5. The molecule has 0 N–H and O–H groups in total. The van der Waals surface area contributed by atoms with E-state index in [4.69, 9.17) is 16.3 Å². The summed E-state index contributed by atoms with van der Waals surface area (Å²) in [5, 5.41) is 0.553. The highest BCUT2D eigenvalue weighted by molar-refractivity contribution is 6.30. The molecule has 1 amide bonds. The lowest BCUT2D eigenvalue weighted by molar-refractivity contribution is 0.0262. The molecule has 2 atom stereocenters. The van der Waals surface area contributed by atoms with Gasteiger partial charge in [0.25, 0.3) is 5.91 Å². The Morgan fingerprint density at radius 3 is 2.70 bits per heavy atom. The molecule has 8 heteroatoms. The van der Waals surface area contributed by atoms with Crippen LogP contribution in [0, 0.1) is 6.92 Å². The average molecular weight is 424 g/mol. The van der Waals surface area contributed by atoms with Crippen LogP contribution >= 0.6 is 11.6 Å². The van der Waals surface area contributed by atoms with E-state index in [1.807, 2.05) is 24.8 Å². The average Bonchev–Trinajstić information content (AvgIpc) is 2.77. The maximum Gasteiger partial charge on any atom is 0.273 e. The van der Waals surface area contributed by atoms with E-state index in [2.05, 4.69) is 19.9 Å². The Morgan fingerprint density at radius 2 is 1.97 bits per heavy atom. The van der Waals surface area contributed by atoms with Crippen molar-refractivity contribution in [3.05, 3.63) is 65.3 Å². The Morgan fingerprint density at radius 1 is 1.17 bits per heavy atom. The summed E-state index contributed by atoms with van der Waals surface area (Å²) >= 11 is 5.90. The number of hydrogen-bond acceptors (Lipinski definition) is 6. The molecule has 1 aliphatic rings. The molecular weight excluding hydrogens is 402 g/mol. The maximum absolute atomic E-state index is 13.5. The molecule has 0 aliphatic carbocycles. The highest BCUT2D eigenvalue weighted by Crippen LogP contribution is 2.27. The topological polar surface area (TPSA) is 81.1 Å². The van der Waals surface area contributed by atoms with Crippen LogP contribution in [-0.2, 0) is 0 Å². The standard InChI is InChI=1S/C22H22ClN5O2/c1-14-11-17(21-24-8-4-9-25-21)20(27-12-14)22(29)28-10-3-5-18(15(28)2)30-19-7-6-16(23)13-26-19/h4,6-9,11-13,15,18H,3,5,10H2,1-2H3. The van der Waals surface area contributed by atoms with Crippen LogP contribution in [0.2, 0.25) is 5.02 Å². The van der Waals surface area contributed by atoms with E-state index in [1.165, 1.54) is 0 Å². The van der Waals surface area contributed by atoms with Crippen LogP contribution in [0.4, 0.5) is 0 Å². The third-order valence-corrected chi connectivity index (χ3v) is 5.41. The Hall–Kier alpha value is -3.06. The number of amides is 1. The Labute approximate surface area is 180 Å². The van der Waals surface area contributed by atoms with Crippen molar-refractivity contribution in [3.63, 3.8) is 0 Å². The van der Waals surface area contributed by atoms with Crippen molar-refractivity contribution in [2.45, 2.75) is 38.8 Å². The zero-order valence-corrected chi connectivity index (χ0v) is 17.6.